The minimum atomic E-state index is -0.0670. The van der Waals surface area contributed by atoms with E-state index in [0.29, 0.717) is 12.8 Å². The van der Waals surface area contributed by atoms with E-state index in [2.05, 4.69) is 5.16 Å². The summed E-state index contributed by atoms with van der Waals surface area (Å²) in [6, 6.07) is 9.93. The van der Waals surface area contributed by atoms with Crippen LogP contribution in [0.5, 0.6) is 0 Å². The third kappa shape index (κ3) is 2.48. The van der Waals surface area contributed by atoms with Gasteiger partial charge in [0.15, 0.2) is 0 Å². The predicted octanol–water partition coefficient (Wildman–Crippen LogP) is 2.55. The zero-order chi connectivity index (χ0) is 11.4. The van der Waals surface area contributed by atoms with Crippen LogP contribution in [0.2, 0.25) is 0 Å². The molecule has 3 nitrogen and oxygen atoms in total. The molecule has 0 saturated carbocycles. The first-order valence-corrected chi connectivity index (χ1v) is 5.59. The third-order valence-corrected chi connectivity index (χ3v) is 2.69. The van der Waals surface area contributed by atoms with E-state index in [1.165, 1.54) is 0 Å². The summed E-state index contributed by atoms with van der Waals surface area (Å²) < 4.78 is 0. The van der Waals surface area contributed by atoms with Gasteiger partial charge in [-0.1, -0.05) is 42.4 Å². The molecule has 0 aliphatic carbocycles. The van der Waals surface area contributed by atoms with Gasteiger partial charge in [0.25, 0.3) is 0 Å². The quantitative estimate of drug-likeness (QED) is 0.777. The monoisotopic (exact) mass is 217 g/mol. The fourth-order valence-electron chi connectivity index (χ4n) is 1.74. The maximum Gasteiger partial charge on any atom is 0.140 e. The van der Waals surface area contributed by atoms with Gasteiger partial charge in [-0.05, 0) is 5.56 Å². The van der Waals surface area contributed by atoms with Gasteiger partial charge in [0.1, 0.15) is 11.9 Å². The van der Waals surface area contributed by atoms with Crippen molar-refractivity contribution in [2.75, 3.05) is 0 Å². The molecule has 1 aliphatic heterocycles. The second-order valence-corrected chi connectivity index (χ2v) is 3.93. The summed E-state index contributed by atoms with van der Waals surface area (Å²) in [7, 11) is 0. The topological polar surface area (TPSA) is 38.7 Å². The van der Waals surface area contributed by atoms with Crippen molar-refractivity contribution >= 4 is 11.5 Å². The lowest BCUT2D eigenvalue weighted by Crippen LogP contribution is -2.13. The molecular weight excluding hydrogens is 202 g/mol. The van der Waals surface area contributed by atoms with Crippen molar-refractivity contribution in [1.29, 1.82) is 0 Å². The maximum atomic E-state index is 11.3. The molecule has 2 rings (SSSR count). The Bertz CT molecular complexity index is 398. The number of ketones is 1. The Kier molecular flexibility index (Phi) is 3.34. The fourth-order valence-corrected chi connectivity index (χ4v) is 1.74. The molecule has 1 atom stereocenters. The third-order valence-electron chi connectivity index (χ3n) is 2.69. The Labute approximate surface area is 95.1 Å². The Hall–Kier alpha value is -1.64. The molecule has 0 fully saturated rings. The van der Waals surface area contributed by atoms with Crippen molar-refractivity contribution in [3.05, 3.63) is 35.9 Å². The lowest BCUT2D eigenvalue weighted by atomic mass is 10.0. The van der Waals surface area contributed by atoms with Crippen molar-refractivity contribution < 1.29 is 9.63 Å². The van der Waals surface area contributed by atoms with Crippen LogP contribution < -0.4 is 0 Å². The average Bonchev–Trinajstić information content (AvgIpc) is 2.78. The molecular formula is C13H15NO2. The average molecular weight is 217 g/mol. The number of nitrogens with zero attached hydrogens (tertiary/aromatic N) is 1. The van der Waals surface area contributed by atoms with E-state index in [4.69, 9.17) is 4.84 Å². The van der Waals surface area contributed by atoms with Crippen molar-refractivity contribution in [3.8, 4) is 0 Å². The number of hydrogen-bond acceptors (Lipinski definition) is 3. The van der Waals surface area contributed by atoms with E-state index in [9.17, 15) is 4.79 Å². The van der Waals surface area contributed by atoms with Crippen molar-refractivity contribution in [2.24, 2.45) is 5.16 Å². The van der Waals surface area contributed by atoms with Gasteiger partial charge >= 0.3 is 0 Å². The first kappa shape index (κ1) is 10.9. The van der Waals surface area contributed by atoms with E-state index in [1.54, 1.807) is 0 Å². The van der Waals surface area contributed by atoms with Crippen molar-refractivity contribution in [3.63, 3.8) is 0 Å². The summed E-state index contributed by atoms with van der Waals surface area (Å²) in [5.41, 5.74) is 2.02. The van der Waals surface area contributed by atoms with Crippen LogP contribution in [0.15, 0.2) is 35.5 Å². The second kappa shape index (κ2) is 4.92. The lowest BCUT2D eigenvalue weighted by Gasteiger charge is -2.05. The molecule has 0 spiro atoms. The van der Waals surface area contributed by atoms with Gasteiger partial charge in [-0.15, -0.1) is 0 Å². The summed E-state index contributed by atoms with van der Waals surface area (Å²) in [6.07, 6.45) is 1.70. The Morgan fingerprint density at radius 2 is 2.19 bits per heavy atom. The van der Waals surface area contributed by atoms with E-state index in [0.717, 1.165) is 17.7 Å². The summed E-state index contributed by atoms with van der Waals surface area (Å²) >= 11 is 0. The van der Waals surface area contributed by atoms with E-state index >= 15 is 0 Å². The van der Waals surface area contributed by atoms with Gasteiger partial charge in [0.05, 0.1) is 5.71 Å². The van der Waals surface area contributed by atoms with Gasteiger partial charge in [-0.25, -0.2) is 0 Å². The molecule has 3 heteroatoms. The summed E-state index contributed by atoms with van der Waals surface area (Å²) in [5, 5.41) is 4.04. The van der Waals surface area contributed by atoms with Gasteiger partial charge in [-0.3, -0.25) is 4.79 Å². The molecule has 1 aromatic carbocycles. The van der Waals surface area contributed by atoms with Crippen LogP contribution in [0, 0.1) is 0 Å². The highest BCUT2D eigenvalue weighted by Gasteiger charge is 2.23. The highest BCUT2D eigenvalue weighted by atomic mass is 16.6. The molecule has 84 valence electrons. The van der Waals surface area contributed by atoms with Gasteiger partial charge in [0, 0.05) is 19.3 Å². The highest BCUT2D eigenvalue weighted by Crippen LogP contribution is 2.19. The molecule has 0 bridgehead atoms. The number of rotatable bonds is 4. The van der Waals surface area contributed by atoms with E-state index < -0.39 is 0 Å². The molecule has 0 N–H and O–H groups in total. The Morgan fingerprint density at radius 3 is 2.88 bits per heavy atom. The Balaban J connectivity index is 1.95. The van der Waals surface area contributed by atoms with Crippen LogP contribution in [-0.2, 0) is 9.63 Å². The minimum absolute atomic E-state index is 0.0670. The van der Waals surface area contributed by atoms with Gasteiger partial charge in [-0.2, -0.15) is 0 Å². The predicted molar refractivity (Wildman–Crippen MR) is 62.4 cm³/mol. The molecule has 1 aliphatic rings. The molecule has 1 unspecified atom stereocenters. The first-order valence-electron chi connectivity index (χ1n) is 5.59. The summed E-state index contributed by atoms with van der Waals surface area (Å²) in [4.78, 5) is 16.5. The summed E-state index contributed by atoms with van der Waals surface area (Å²) in [5.74, 6) is 0.231. The normalized spacial score (nSPS) is 19.1. The molecule has 1 heterocycles. The molecule has 0 radical (unpaired) electrons. The number of Topliss-reactive ketones (excluding diaryl/α,β-unsaturated/α-hetero) is 1. The number of carbonyl (C=O) groups excluding carboxylic acids is 1. The van der Waals surface area contributed by atoms with E-state index in [-0.39, 0.29) is 11.9 Å². The number of hydrogen-bond donors (Lipinski definition) is 0. The largest absolute Gasteiger partial charge is 0.391 e. The zero-order valence-electron chi connectivity index (χ0n) is 9.35. The molecule has 16 heavy (non-hydrogen) atoms. The van der Waals surface area contributed by atoms with Crippen LogP contribution in [0.25, 0.3) is 0 Å². The summed E-state index contributed by atoms with van der Waals surface area (Å²) in [6.45, 7) is 1.87. The first-order chi connectivity index (χ1) is 7.79. The van der Waals surface area contributed by atoms with Crippen LogP contribution in [0.4, 0.5) is 0 Å². The van der Waals surface area contributed by atoms with E-state index in [1.807, 2.05) is 37.3 Å². The SMILES string of the molecule is CCC(=O)CC1CC(c2ccccc2)=NO1. The smallest absolute Gasteiger partial charge is 0.140 e. The fraction of sp³-hybridized carbons (Fsp3) is 0.385. The maximum absolute atomic E-state index is 11.3. The second-order valence-electron chi connectivity index (χ2n) is 3.93. The highest BCUT2D eigenvalue weighted by molar-refractivity contribution is 6.01. The van der Waals surface area contributed by atoms with Crippen LogP contribution >= 0.6 is 0 Å². The molecule has 0 saturated heterocycles. The van der Waals surface area contributed by atoms with Gasteiger partial charge in [0.2, 0.25) is 0 Å². The lowest BCUT2D eigenvalue weighted by molar-refractivity contribution is -0.121. The number of oxime groups is 1. The molecule has 0 aromatic heterocycles. The van der Waals surface area contributed by atoms with Crippen LogP contribution in [-0.4, -0.2) is 17.6 Å². The number of benzene rings is 1. The van der Waals surface area contributed by atoms with Gasteiger partial charge < -0.3 is 4.84 Å². The van der Waals surface area contributed by atoms with Crippen LogP contribution in [0.3, 0.4) is 0 Å². The zero-order valence-corrected chi connectivity index (χ0v) is 9.35. The standard InChI is InChI=1S/C13H15NO2/c1-2-11(15)8-12-9-13(14-16-12)10-6-4-3-5-7-10/h3-7,12H,2,8-9H2,1H3. The number of carbonyl (C=O) groups is 1. The minimum Gasteiger partial charge on any atom is -0.391 e. The van der Waals surface area contributed by atoms with Crippen molar-refractivity contribution in [2.45, 2.75) is 32.3 Å². The Morgan fingerprint density at radius 1 is 1.44 bits per heavy atom. The van der Waals surface area contributed by atoms with Crippen LogP contribution in [0.1, 0.15) is 31.7 Å². The molecule has 1 aromatic rings. The van der Waals surface area contributed by atoms with Crippen molar-refractivity contribution in [1.82, 2.24) is 0 Å². The molecule has 0 amide bonds.